The number of nitrogens with one attached hydrogen (secondary N) is 5. The van der Waals surface area contributed by atoms with Crippen LogP contribution < -0.4 is 35.0 Å². The summed E-state index contributed by atoms with van der Waals surface area (Å²) >= 11 is 0. The highest BCUT2D eigenvalue weighted by Crippen LogP contribution is 2.41. The van der Waals surface area contributed by atoms with E-state index in [1.54, 1.807) is 147 Å². The molecule has 2 bridgehead atoms. The van der Waals surface area contributed by atoms with Crippen molar-refractivity contribution in [3.05, 3.63) is 125 Å². The van der Waals surface area contributed by atoms with E-state index in [4.69, 9.17) is 33.7 Å². The Morgan fingerprint density at radius 3 is 1.81 bits per heavy atom. The third kappa shape index (κ3) is 16.0. The number of benzene rings is 5. The molecule has 0 spiro atoms. The number of imidazole rings is 1. The largest absolute Gasteiger partial charge is 0.497 e. The maximum absolute atomic E-state index is 16.7. The molecule has 1 aliphatic rings. The van der Waals surface area contributed by atoms with Gasteiger partial charge < -0.3 is 44.4 Å². The molecule has 6 aromatic rings. The molecule has 1 aromatic heterocycles. The molecule has 0 radical (unpaired) electrons. The summed E-state index contributed by atoms with van der Waals surface area (Å²) in [7, 11) is -6.02. The van der Waals surface area contributed by atoms with Crippen LogP contribution >= 0.6 is 0 Å². The second kappa shape index (κ2) is 25.4. The summed E-state index contributed by atoms with van der Waals surface area (Å²) in [5.74, 6) is 1.07. The number of hydrogen-bond donors (Lipinski definition) is 6. The number of aromatic nitrogens is 2. The predicted octanol–water partition coefficient (Wildman–Crippen LogP) is 9.17. The predicted molar refractivity (Wildman–Crippen MR) is 311 cm³/mol. The lowest BCUT2D eigenvalue weighted by atomic mass is 9.97. The Hall–Kier alpha value is -8.33. The molecule has 7 rings (SSSR count). The average molecular weight is 1180 g/mol. The van der Waals surface area contributed by atoms with Crippen molar-refractivity contribution in [3.63, 3.8) is 0 Å². The van der Waals surface area contributed by atoms with Gasteiger partial charge in [0.15, 0.2) is 5.84 Å². The summed E-state index contributed by atoms with van der Waals surface area (Å²) in [5.41, 5.74) is 2.53. The van der Waals surface area contributed by atoms with Crippen LogP contribution in [0.1, 0.15) is 90.4 Å². The SMILES string of the molecule is COc1ccc(CN(Cc2ccc(OC)cc2)S(=O)(=O)c2c(S(=O)(=O)NC(CNC(=O)OC(C)(C)C)CNC(=O)OC(C)(C)C)ccc(-c3cccc4[nH]c(CN(C(=O)O)C(C)(C)C)nc34)c2C2=Nc3cc(ccc3OC)CNN=N2)cc1. The van der Waals surface area contributed by atoms with Gasteiger partial charge in [-0.15, -0.1) is 5.11 Å². The molecule has 1 aliphatic heterocycles. The van der Waals surface area contributed by atoms with Gasteiger partial charge in [-0.2, -0.15) is 4.31 Å². The number of sulfonamides is 2. The number of carbonyl (C=O) groups is 3. The Morgan fingerprint density at radius 1 is 0.711 bits per heavy atom. The average Bonchev–Trinajstić information content (AvgIpc) is 2.48. The lowest BCUT2D eigenvalue weighted by Crippen LogP contribution is -2.51. The number of rotatable bonds is 20. The molecule has 83 heavy (non-hydrogen) atoms. The van der Waals surface area contributed by atoms with Gasteiger partial charge in [0.2, 0.25) is 20.0 Å². The molecule has 2 heterocycles. The Balaban J connectivity index is 1.58. The van der Waals surface area contributed by atoms with Gasteiger partial charge in [0.25, 0.3) is 0 Å². The van der Waals surface area contributed by atoms with Crippen LogP contribution in [-0.2, 0) is 55.7 Å². The summed E-state index contributed by atoms with van der Waals surface area (Å²) in [6.07, 6.45) is -3.03. The molecule has 6 N–H and O–H groups in total. The Morgan fingerprint density at radius 2 is 1.29 bits per heavy atom. The number of aromatic amines is 1. The lowest BCUT2D eigenvalue weighted by molar-refractivity contribution is 0.0516. The highest BCUT2D eigenvalue weighted by molar-refractivity contribution is 7.92. The fraction of sp³-hybridized carbons (Fsp3) is 0.386. The van der Waals surface area contributed by atoms with Crippen molar-refractivity contribution >= 4 is 60.9 Å². The minimum Gasteiger partial charge on any atom is -0.497 e. The Kier molecular flexibility index (Phi) is 19.1. The van der Waals surface area contributed by atoms with E-state index in [2.05, 4.69) is 36.1 Å². The highest BCUT2D eigenvalue weighted by atomic mass is 32.2. The van der Waals surface area contributed by atoms with Gasteiger partial charge in [-0.25, -0.2) is 45.9 Å². The van der Waals surface area contributed by atoms with Gasteiger partial charge in [-0.3, -0.25) is 10.3 Å². The summed E-state index contributed by atoms with van der Waals surface area (Å²) in [4.78, 5) is 51.6. The van der Waals surface area contributed by atoms with Gasteiger partial charge in [-0.1, -0.05) is 53.8 Å². The van der Waals surface area contributed by atoms with Gasteiger partial charge >= 0.3 is 18.3 Å². The van der Waals surface area contributed by atoms with Crippen LogP contribution in [0.25, 0.3) is 22.2 Å². The molecule has 24 nitrogen and oxygen atoms in total. The lowest BCUT2D eigenvalue weighted by Gasteiger charge is -2.32. The van der Waals surface area contributed by atoms with Gasteiger partial charge in [0.1, 0.15) is 49.8 Å². The fourth-order valence-electron chi connectivity index (χ4n) is 8.68. The number of alkyl carbamates (subject to hydrolysis) is 2. The van der Waals surface area contributed by atoms with Gasteiger partial charge in [0, 0.05) is 37.3 Å². The number of carboxylic acid groups (broad SMARTS) is 1. The number of amidine groups is 1. The van der Waals surface area contributed by atoms with E-state index >= 15 is 16.8 Å². The van der Waals surface area contributed by atoms with Crippen LogP contribution in [0, 0.1) is 0 Å². The van der Waals surface area contributed by atoms with Crippen LogP contribution in [0.4, 0.5) is 20.1 Å². The van der Waals surface area contributed by atoms with Crippen LogP contribution in [0.5, 0.6) is 17.2 Å². The first-order valence-corrected chi connectivity index (χ1v) is 29.2. The maximum Gasteiger partial charge on any atom is 0.408 e. The molecular weight excluding hydrogens is 1110 g/mol. The van der Waals surface area contributed by atoms with Crippen molar-refractivity contribution in [2.24, 2.45) is 15.3 Å². The van der Waals surface area contributed by atoms with Crippen LogP contribution in [0.2, 0.25) is 0 Å². The zero-order chi connectivity index (χ0) is 60.7. The first-order valence-electron chi connectivity index (χ1n) is 26.3. The summed E-state index contributed by atoms with van der Waals surface area (Å²) < 4.78 is 96.3. The van der Waals surface area contributed by atoms with Crippen molar-refractivity contribution in [1.82, 2.24) is 40.0 Å². The topological polar surface area (TPSA) is 306 Å². The second-order valence-electron chi connectivity index (χ2n) is 22.3. The normalized spacial score (nSPS) is 13.1. The zero-order valence-corrected chi connectivity index (χ0v) is 50.0. The quantitative estimate of drug-likeness (QED) is 0.0415. The number of ether oxygens (including phenoxy) is 5. The number of carbonyl (C=O) groups excluding carboxylic acids is 2. The Bertz CT molecular complexity index is 3550. The third-order valence-electron chi connectivity index (χ3n) is 12.5. The molecule has 3 amide bonds. The van der Waals surface area contributed by atoms with E-state index in [-0.39, 0.29) is 65.6 Å². The number of fused-ring (bicyclic) bond motifs is 3. The highest BCUT2D eigenvalue weighted by Gasteiger charge is 2.40. The minimum absolute atomic E-state index is 0.0488. The monoisotopic (exact) mass is 1180 g/mol. The fourth-order valence-corrected chi connectivity index (χ4v) is 12.3. The molecule has 0 aliphatic carbocycles. The number of methoxy groups -OCH3 is 3. The van der Waals surface area contributed by atoms with E-state index in [0.717, 1.165) is 10.4 Å². The van der Waals surface area contributed by atoms with Crippen LogP contribution in [0.15, 0.2) is 122 Å². The zero-order valence-electron chi connectivity index (χ0n) is 48.4. The number of amides is 3. The molecular formula is C57H71N11O13S2. The van der Waals surface area contributed by atoms with Crippen molar-refractivity contribution < 1.29 is 60.0 Å². The number of H-pyrrole nitrogens is 1. The molecule has 0 unspecified atom stereocenters. The van der Waals surface area contributed by atoms with Crippen LogP contribution in [-0.4, -0.2) is 122 Å². The van der Waals surface area contributed by atoms with E-state index < -0.39 is 89.8 Å². The van der Waals surface area contributed by atoms with Crippen molar-refractivity contribution in [3.8, 4) is 28.4 Å². The van der Waals surface area contributed by atoms with Crippen molar-refractivity contribution in [2.45, 2.75) is 121 Å². The molecule has 0 fully saturated rings. The molecule has 444 valence electrons. The summed E-state index contributed by atoms with van der Waals surface area (Å²) in [6.45, 7) is 13.4. The maximum atomic E-state index is 16.7. The molecule has 5 aromatic carbocycles. The number of hydrogen-bond acceptors (Lipinski definition) is 17. The second-order valence-corrected chi connectivity index (χ2v) is 25.8. The van der Waals surface area contributed by atoms with E-state index in [0.29, 0.717) is 33.7 Å². The molecule has 26 heteroatoms. The number of nitrogens with zero attached hydrogens (tertiary/aromatic N) is 6. The van der Waals surface area contributed by atoms with Gasteiger partial charge in [0.05, 0.1) is 57.1 Å². The van der Waals surface area contributed by atoms with E-state index in [1.807, 2.05) is 0 Å². The molecule has 0 saturated heterocycles. The minimum atomic E-state index is -5.25. The van der Waals surface area contributed by atoms with Crippen LogP contribution in [0.3, 0.4) is 0 Å². The molecule has 0 saturated carbocycles. The molecule has 0 atom stereocenters. The van der Waals surface area contributed by atoms with Crippen molar-refractivity contribution in [2.75, 3.05) is 34.4 Å². The smallest absolute Gasteiger partial charge is 0.408 e. The first kappa shape index (κ1) is 62.3. The summed E-state index contributed by atoms with van der Waals surface area (Å²) in [5, 5.41) is 24.2. The third-order valence-corrected chi connectivity index (χ3v) is 16.1. The van der Waals surface area contributed by atoms with E-state index in [1.165, 1.54) is 32.3 Å². The first-order chi connectivity index (χ1) is 39.0. The number of aliphatic imine (C=N–C) groups is 1. The number of para-hydroxylation sites is 1. The Labute approximate surface area is 483 Å². The van der Waals surface area contributed by atoms with Gasteiger partial charge in [-0.05, 0) is 133 Å². The standard InChI is InChI=1S/C57H71N11O13S2/c1-55(2,3)68(54(71)72)34-47-61-43-15-13-14-42(49(43)63-47)41-25-27-46(82(73,74)65-38(30-58-52(69)80-56(4,5)6)31-59-53(70)81-57(7,8)9)50(48(41)51-62-44-28-37(29-60-66-64-51)20-26-45(44)79-12)83(75,76)67(32-35-16-21-39(77-10)22-17-35)33-36-18-23-40(78-11)24-19-36/h13-28,38,65H,29-34H2,1-12H3,(H,58,69)(H,59,70)(H,61,63)(H,71,72)(H,60,62,64). The summed E-state index contributed by atoms with van der Waals surface area (Å²) in [6, 6.07) is 24.6. The van der Waals surface area contributed by atoms with Crippen molar-refractivity contribution in [1.29, 1.82) is 0 Å². The van der Waals surface area contributed by atoms with E-state index in [9.17, 15) is 19.5 Å².